The number of rotatable bonds is 4. The van der Waals surface area contributed by atoms with Crippen molar-refractivity contribution in [2.75, 3.05) is 0 Å². The zero-order valence-electron chi connectivity index (χ0n) is 10.3. The zero-order valence-corrected chi connectivity index (χ0v) is 15.0. The first-order chi connectivity index (χ1) is 9.92. The fourth-order valence-corrected chi connectivity index (χ4v) is 2.98. The molecule has 0 fully saturated rings. The molecule has 0 unspecified atom stereocenters. The number of hydrogen-bond donors (Lipinski definition) is 0. The van der Waals surface area contributed by atoms with E-state index in [9.17, 15) is 10.1 Å². The van der Waals surface area contributed by atoms with Crippen LogP contribution in [0.15, 0.2) is 34.8 Å². The minimum absolute atomic E-state index is 0.0747. The van der Waals surface area contributed by atoms with Crippen LogP contribution in [0.5, 0.6) is 11.5 Å². The number of hydrogen-bond acceptors (Lipinski definition) is 3. The van der Waals surface area contributed by atoms with Crippen LogP contribution in [0.4, 0.5) is 5.69 Å². The average molecular weight is 456 g/mol. The van der Waals surface area contributed by atoms with Crippen LogP contribution in [0.3, 0.4) is 0 Å². The van der Waals surface area contributed by atoms with Crippen molar-refractivity contribution in [2.45, 2.75) is 5.33 Å². The van der Waals surface area contributed by atoms with Gasteiger partial charge in [-0.15, -0.1) is 0 Å². The summed E-state index contributed by atoms with van der Waals surface area (Å²) in [7, 11) is 0. The molecular formula is C13H7Br2Cl2NO3. The van der Waals surface area contributed by atoms with E-state index in [1.165, 1.54) is 12.1 Å². The van der Waals surface area contributed by atoms with E-state index in [4.69, 9.17) is 27.9 Å². The minimum atomic E-state index is -0.567. The molecule has 0 atom stereocenters. The van der Waals surface area contributed by atoms with E-state index in [0.717, 1.165) is 10.0 Å². The van der Waals surface area contributed by atoms with Gasteiger partial charge in [0.1, 0.15) is 5.75 Å². The quantitative estimate of drug-likeness (QED) is 0.306. The van der Waals surface area contributed by atoms with Crippen molar-refractivity contribution in [3.8, 4) is 11.5 Å². The van der Waals surface area contributed by atoms with Crippen molar-refractivity contribution >= 4 is 60.7 Å². The minimum Gasteiger partial charge on any atom is -0.453 e. The summed E-state index contributed by atoms with van der Waals surface area (Å²) in [4.78, 5) is 10.2. The fourth-order valence-electron chi connectivity index (χ4n) is 1.57. The van der Waals surface area contributed by atoms with Crippen LogP contribution in [0.25, 0.3) is 0 Å². The molecule has 4 nitrogen and oxygen atoms in total. The maximum atomic E-state index is 10.7. The summed E-state index contributed by atoms with van der Waals surface area (Å²) in [6, 6.07) is 7.92. The Morgan fingerprint density at radius 2 is 1.81 bits per heavy atom. The van der Waals surface area contributed by atoms with Crippen molar-refractivity contribution < 1.29 is 9.66 Å². The topological polar surface area (TPSA) is 52.4 Å². The van der Waals surface area contributed by atoms with Crippen LogP contribution in [-0.4, -0.2) is 4.92 Å². The van der Waals surface area contributed by atoms with Gasteiger partial charge < -0.3 is 4.74 Å². The van der Waals surface area contributed by atoms with Gasteiger partial charge in [-0.25, -0.2) is 0 Å². The number of nitro benzene ring substituents is 1. The molecule has 0 N–H and O–H groups in total. The predicted octanol–water partition coefficient (Wildman–Crippen LogP) is 6.35. The highest BCUT2D eigenvalue weighted by molar-refractivity contribution is 9.10. The maximum absolute atomic E-state index is 10.7. The Hall–Kier alpha value is -0.820. The molecule has 0 aliphatic carbocycles. The molecule has 0 heterocycles. The van der Waals surface area contributed by atoms with Crippen molar-refractivity contribution in [1.82, 2.24) is 0 Å². The van der Waals surface area contributed by atoms with Crippen LogP contribution in [0.1, 0.15) is 5.56 Å². The van der Waals surface area contributed by atoms with Gasteiger partial charge in [-0.3, -0.25) is 10.1 Å². The first-order valence-corrected chi connectivity index (χ1v) is 8.25. The molecular weight excluding hydrogens is 449 g/mol. The van der Waals surface area contributed by atoms with Gasteiger partial charge in [0.25, 0.3) is 5.69 Å². The highest BCUT2D eigenvalue weighted by Crippen LogP contribution is 2.41. The second-order valence-corrected chi connectivity index (χ2v) is 6.23. The number of halogens is 4. The average Bonchev–Trinajstić information content (AvgIpc) is 2.43. The first kappa shape index (κ1) is 16.5. The van der Waals surface area contributed by atoms with E-state index in [1.54, 1.807) is 6.07 Å². The van der Waals surface area contributed by atoms with Crippen molar-refractivity contribution in [3.05, 3.63) is 60.5 Å². The lowest BCUT2D eigenvalue weighted by Crippen LogP contribution is -1.92. The number of ether oxygens (including phenoxy) is 1. The summed E-state index contributed by atoms with van der Waals surface area (Å²) in [6.45, 7) is 0. The number of nitro groups is 1. The molecule has 0 aliphatic rings. The van der Waals surface area contributed by atoms with Crippen molar-refractivity contribution in [2.24, 2.45) is 0 Å². The lowest BCUT2D eigenvalue weighted by molar-refractivity contribution is -0.384. The monoisotopic (exact) mass is 453 g/mol. The van der Waals surface area contributed by atoms with Gasteiger partial charge in [-0.2, -0.15) is 0 Å². The maximum Gasteiger partial charge on any atom is 0.272 e. The highest BCUT2D eigenvalue weighted by atomic mass is 79.9. The van der Waals surface area contributed by atoms with Gasteiger partial charge in [0, 0.05) is 17.5 Å². The lowest BCUT2D eigenvalue weighted by atomic mass is 10.2. The SMILES string of the molecule is O=[N+]([O-])c1cc(Cl)c(Oc2ccc(CBr)cc2Br)c(Cl)c1. The Balaban J connectivity index is 2.38. The molecule has 0 saturated heterocycles. The van der Waals surface area contributed by atoms with Gasteiger partial charge >= 0.3 is 0 Å². The largest absolute Gasteiger partial charge is 0.453 e. The summed E-state index contributed by atoms with van der Waals surface area (Å²) in [6.07, 6.45) is 0. The van der Waals surface area contributed by atoms with Crippen LogP contribution >= 0.6 is 55.1 Å². The van der Waals surface area contributed by atoms with Gasteiger partial charge in [-0.05, 0) is 33.6 Å². The Morgan fingerprint density at radius 3 is 2.29 bits per heavy atom. The van der Waals surface area contributed by atoms with Gasteiger partial charge in [0.15, 0.2) is 5.75 Å². The van der Waals surface area contributed by atoms with Crippen LogP contribution in [0, 0.1) is 10.1 Å². The van der Waals surface area contributed by atoms with Gasteiger partial charge in [0.2, 0.25) is 0 Å². The van der Waals surface area contributed by atoms with Gasteiger partial charge in [-0.1, -0.05) is 45.2 Å². The summed E-state index contributed by atoms with van der Waals surface area (Å²) < 4.78 is 6.38. The standard InChI is InChI=1S/C13H7Br2Cl2NO3/c14-6-7-1-2-12(9(15)3-7)21-13-10(16)4-8(18(19)20)5-11(13)17/h1-5H,6H2. The van der Waals surface area contributed by atoms with E-state index < -0.39 is 4.92 Å². The number of benzene rings is 2. The molecule has 0 radical (unpaired) electrons. The second-order valence-electron chi connectivity index (χ2n) is 4.00. The zero-order chi connectivity index (χ0) is 15.6. The normalized spacial score (nSPS) is 10.5. The molecule has 2 aromatic rings. The molecule has 21 heavy (non-hydrogen) atoms. The molecule has 110 valence electrons. The molecule has 0 aliphatic heterocycles. The van der Waals surface area contributed by atoms with E-state index in [0.29, 0.717) is 11.1 Å². The second kappa shape index (κ2) is 6.96. The van der Waals surface area contributed by atoms with E-state index in [1.807, 2.05) is 12.1 Å². The Kier molecular flexibility index (Phi) is 5.48. The third-order valence-electron chi connectivity index (χ3n) is 2.56. The van der Waals surface area contributed by atoms with E-state index in [2.05, 4.69) is 31.9 Å². The third-order valence-corrected chi connectivity index (χ3v) is 4.39. The summed E-state index contributed by atoms with van der Waals surface area (Å²) >= 11 is 18.8. The fraction of sp³-hybridized carbons (Fsp3) is 0.0769. The summed E-state index contributed by atoms with van der Waals surface area (Å²) in [5.74, 6) is 0.688. The summed E-state index contributed by atoms with van der Waals surface area (Å²) in [5.41, 5.74) is 0.876. The van der Waals surface area contributed by atoms with E-state index >= 15 is 0 Å². The number of alkyl halides is 1. The third kappa shape index (κ3) is 3.88. The van der Waals surface area contributed by atoms with Crippen molar-refractivity contribution in [1.29, 1.82) is 0 Å². The predicted molar refractivity (Wildman–Crippen MR) is 90.0 cm³/mol. The Morgan fingerprint density at radius 1 is 1.19 bits per heavy atom. The van der Waals surface area contributed by atoms with Crippen LogP contribution in [-0.2, 0) is 5.33 Å². The molecule has 2 aromatic carbocycles. The van der Waals surface area contributed by atoms with Crippen LogP contribution < -0.4 is 4.74 Å². The molecule has 0 bridgehead atoms. The molecule has 2 rings (SSSR count). The number of non-ortho nitro benzene ring substituents is 1. The molecule has 0 aromatic heterocycles. The van der Waals surface area contributed by atoms with Crippen molar-refractivity contribution in [3.63, 3.8) is 0 Å². The number of nitrogens with zero attached hydrogens (tertiary/aromatic N) is 1. The molecule has 0 saturated carbocycles. The Labute approximate surface area is 147 Å². The smallest absolute Gasteiger partial charge is 0.272 e. The molecule has 0 amide bonds. The van der Waals surface area contributed by atoms with Crippen LogP contribution in [0.2, 0.25) is 10.0 Å². The Bertz CT molecular complexity index is 687. The summed E-state index contributed by atoms with van der Waals surface area (Å²) in [5, 5.41) is 11.6. The molecule has 0 spiro atoms. The highest BCUT2D eigenvalue weighted by Gasteiger charge is 2.17. The first-order valence-electron chi connectivity index (χ1n) is 5.58. The van der Waals surface area contributed by atoms with Gasteiger partial charge in [0.05, 0.1) is 19.4 Å². The molecule has 8 heteroatoms. The van der Waals surface area contributed by atoms with E-state index in [-0.39, 0.29) is 21.5 Å². The lowest BCUT2D eigenvalue weighted by Gasteiger charge is -2.11.